The fourth-order valence-electron chi connectivity index (χ4n) is 1.31. The molecule has 2 rings (SSSR count). The highest BCUT2D eigenvalue weighted by Gasteiger charge is 2.25. The molecule has 1 aromatic heterocycles. The summed E-state index contributed by atoms with van der Waals surface area (Å²) in [4.78, 5) is 11.7. The number of thiophene rings is 1. The van der Waals surface area contributed by atoms with Crippen molar-refractivity contribution in [3.05, 3.63) is 35.2 Å². The van der Waals surface area contributed by atoms with E-state index in [4.69, 9.17) is 0 Å². The highest BCUT2D eigenvalue weighted by Crippen LogP contribution is 2.26. The van der Waals surface area contributed by atoms with Gasteiger partial charge < -0.3 is 4.74 Å². The summed E-state index contributed by atoms with van der Waals surface area (Å²) in [7, 11) is -4.04. The number of fused-ring (bicyclic) bond motifs is 1. The van der Waals surface area contributed by atoms with Crippen molar-refractivity contribution in [2.24, 2.45) is 0 Å². The minimum Gasteiger partial charge on any atom is -0.412 e. The van der Waals surface area contributed by atoms with Gasteiger partial charge in [-0.15, -0.1) is 11.3 Å². The number of sulfone groups is 1. The van der Waals surface area contributed by atoms with E-state index >= 15 is 0 Å². The van der Waals surface area contributed by atoms with E-state index in [0.29, 0.717) is 6.26 Å². The third-order valence-electron chi connectivity index (χ3n) is 2.16. The highest BCUT2D eigenvalue weighted by molar-refractivity contribution is 7.91. The number of ether oxygens (including phenoxy) is 1. The summed E-state index contributed by atoms with van der Waals surface area (Å²) < 4.78 is 39.8. The van der Waals surface area contributed by atoms with Crippen molar-refractivity contribution in [1.29, 1.82) is 0 Å². The van der Waals surface area contributed by atoms with Crippen molar-refractivity contribution in [2.75, 3.05) is 6.26 Å². The number of hydrogen-bond donors (Lipinski definition) is 0. The van der Waals surface area contributed by atoms with Crippen LogP contribution in [0, 0.1) is 0 Å². The second kappa shape index (κ2) is 4.66. The predicted octanol–water partition coefficient (Wildman–Crippen LogP) is 2.36. The lowest BCUT2D eigenvalue weighted by molar-refractivity contribution is 0.0186. The molecule has 0 aliphatic rings. The zero-order chi connectivity index (χ0) is 13.3. The second-order valence-corrected chi connectivity index (χ2v) is 6.77. The Morgan fingerprint density at radius 1 is 1.39 bits per heavy atom. The summed E-state index contributed by atoms with van der Waals surface area (Å²) >= 11 is 1.12. The van der Waals surface area contributed by atoms with Crippen molar-refractivity contribution >= 4 is 37.2 Å². The summed E-state index contributed by atoms with van der Waals surface area (Å²) in [5.74, 6) is -0.978. The Hall–Kier alpha value is -1.47. The number of alkyl halides is 1. The van der Waals surface area contributed by atoms with Gasteiger partial charge in [-0.1, -0.05) is 18.2 Å². The monoisotopic (exact) mass is 288 g/mol. The lowest BCUT2D eigenvalue weighted by Crippen LogP contribution is -2.21. The molecule has 18 heavy (non-hydrogen) atoms. The van der Waals surface area contributed by atoms with Gasteiger partial charge in [0.05, 0.1) is 0 Å². The zero-order valence-electron chi connectivity index (χ0n) is 9.29. The molecule has 1 heterocycles. The molecule has 0 aliphatic heterocycles. The molecular formula is C11H9FO4S2. The maximum absolute atomic E-state index is 13.1. The number of hydrogen-bond acceptors (Lipinski definition) is 5. The molecule has 0 saturated carbocycles. The maximum atomic E-state index is 13.1. The molecule has 2 aromatic rings. The van der Waals surface area contributed by atoms with Crippen LogP contribution in [0.1, 0.15) is 9.67 Å². The van der Waals surface area contributed by atoms with Crippen LogP contribution in [0.3, 0.4) is 0 Å². The van der Waals surface area contributed by atoms with Crippen molar-refractivity contribution in [2.45, 2.75) is 5.69 Å². The van der Waals surface area contributed by atoms with Crippen LogP contribution in [-0.2, 0) is 14.6 Å². The molecule has 1 atom stereocenters. The zero-order valence-corrected chi connectivity index (χ0v) is 10.9. The normalized spacial score (nSPS) is 13.4. The van der Waals surface area contributed by atoms with Crippen LogP contribution in [0.5, 0.6) is 0 Å². The average Bonchev–Trinajstić information content (AvgIpc) is 2.71. The van der Waals surface area contributed by atoms with Crippen molar-refractivity contribution in [3.8, 4) is 0 Å². The average molecular weight is 288 g/mol. The first kappa shape index (κ1) is 13.0. The van der Waals surface area contributed by atoms with E-state index in [9.17, 15) is 17.6 Å². The molecule has 96 valence electrons. The molecule has 0 amide bonds. The van der Waals surface area contributed by atoms with E-state index in [2.05, 4.69) is 4.74 Å². The summed E-state index contributed by atoms with van der Waals surface area (Å²) in [6.07, 6.45) is 0.663. The molecule has 1 unspecified atom stereocenters. The van der Waals surface area contributed by atoms with Crippen molar-refractivity contribution < 1.29 is 22.3 Å². The smallest absolute Gasteiger partial charge is 0.351 e. The number of carbonyl (C=O) groups is 1. The summed E-state index contributed by atoms with van der Waals surface area (Å²) in [5.41, 5.74) is -2.63. The first-order valence-electron chi connectivity index (χ1n) is 4.90. The Bertz CT molecular complexity index is 657. The minimum atomic E-state index is -4.04. The van der Waals surface area contributed by atoms with Crippen LogP contribution in [0.25, 0.3) is 10.1 Å². The Morgan fingerprint density at radius 2 is 2.06 bits per heavy atom. The molecule has 1 aromatic carbocycles. The lowest BCUT2D eigenvalue weighted by atomic mass is 10.2. The van der Waals surface area contributed by atoms with Gasteiger partial charge in [-0.05, 0) is 17.5 Å². The molecule has 0 radical (unpaired) electrons. The van der Waals surface area contributed by atoms with Gasteiger partial charge in [0.25, 0.3) is 0 Å². The first-order chi connectivity index (χ1) is 8.38. The molecule has 0 fully saturated rings. The summed E-state index contributed by atoms with van der Waals surface area (Å²) in [6.45, 7) is 0. The van der Waals surface area contributed by atoms with E-state index < -0.39 is 21.5 Å². The Balaban J connectivity index is 2.24. The molecule has 0 N–H and O–H groups in total. The van der Waals surface area contributed by atoms with Gasteiger partial charge in [-0.25, -0.2) is 13.2 Å². The van der Waals surface area contributed by atoms with E-state index in [0.717, 1.165) is 21.4 Å². The molecule has 0 spiro atoms. The standard InChI is InChI=1S/C11H9FO4S2/c1-18(14,15)11(12)16-10(13)9-6-7-4-2-3-5-8(7)17-9/h2-6,11H,1H3. The highest BCUT2D eigenvalue weighted by atomic mass is 32.2. The predicted molar refractivity (Wildman–Crippen MR) is 67.0 cm³/mol. The largest absolute Gasteiger partial charge is 0.412 e. The minimum absolute atomic E-state index is 0.169. The quantitative estimate of drug-likeness (QED) is 0.813. The van der Waals surface area contributed by atoms with Gasteiger partial charge in [0.1, 0.15) is 4.88 Å². The lowest BCUT2D eigenvalue weighted by Gasteiger charge is -2.06. The van der Waals surface area contributed by atoms with Gasteiger partial charge >= 0.3 is 11.7 Å². The maximum Gasteiger partial charge on any atom is 0.351 e. The number of rotatable bonds is 3. The molecule has 7 heteroatoms. The Labute approximate surface area is 107 Å². The number of halogens is 1. The topological polar surface area (TPSA) is 60.4 Å². The molecule has 0 bridgehead atoms. The number of carbonyl (C=O) groups excluding carboxylic acids is 1. The first-order valence-corrected chi connectivity index (χ1v) is 7.67. The third-order valence-corrected chi connectivity index (χ3v) is 4.03. The van der Waals surface area contributed by atoms with Crippen LogP contribution in [0.15, 0.2) is 30.3 Å². The van der Waals surface area contributed by atoms with Gasteiger partial charge in [-0.2, -0.15) is 4.39 Å². The fourth-order valence-corrected chi connectivity index (χ4v) is 2.52. The molecule has 0 saturated heterocycles. The van der Waals surface area contributed by atoms with Crippen LogP contribution >= 0.6 is 11.3 Å². The third kappa shape index (κ3) is 2.68. The van der Waals surface area contributed by atoms with Gasteiger partial charge in [-0.3, -0.25) is 0 Å². The van der Waals surface area contributed by atoms with E-state index in [1.807, 2.05) is 6.07 Å². The van der Waals surface area contributed by atoms with E-state index in [-0.39, 0.29) is 4.88 Å². The van der Waals surface area contributed by atoms with Gasteiger partial charge in [0, 0.05) is 11.0 Å². The van der Waals surface area contributed by atoms with Crippen LogP contribution in [-0.4, -0.2) is 26.3 Å². The Morgan fingerprint density at radius 3 is 2.67 bits per heavy atom. The van der Waals surface area contributed by atoms with Crippen LogP contribution in [0.4, 0.5) is 4.39 Å². The number of esters is 1. The van der Waals surface area contributed by atoms with E-state index in [1.165, 1.54) is 6.07 Å². The Kier molecular flexibility index (Phi) is 3.36. The summed E-state index contributed by atoms with van der Waals surface area (Å²) in [5, 5.41) is 0.823. The van der Waals surface area contributed by atoms with Gasteiger partial charge in [0.15, 0.2) is 0 Å². The second-order valence-electron chi connectivity index (χ2n) is 3.66. The fraction of sp³-hybridized carbons (Fsp3) is 0.182. The molecule has 0 aliphatic carbocycles. The van der Waals surface area contributed by atoms with E-state index in [1.54, 1.807) is 18.2 Å². The van der Waals surface area contributed by atoms with Crippen LogP contribution in [0.2, 0.25) is 0 Å². The molecular weight excluding hydrogens is 279 g/mol. The SMILES string of the molecule is CS(=O)(=O)C(F)OC(=O)c1cc2ccccc2s1. The summed E-state index contributed by atoms with van der Waals surface area (Å²) in [6, 6.07) is 8.75. The van der Waals surface area contributed by atoms with Crippen molar-refractivity contribution in [1.82, 2.24) is 0 Å². The van der Waals surface area contributed by atoms with Gasteiger partial charge in [0.2, 0.25) is 9.84 Å². The molecule has 4 nitrogen and oxygen atoms in total. The van der Waals surface area contributed by atoms with Crippen LogP contribution < -0.4 is 0 Å². The van der Waals surface area contributed by atoms with Crippen molar-refractivity contribution in [3.63, 3.8) is 0 Å². The number of benzene rings is 1.